The monoisotopic (exact) mass is 549 g/mol. The minimum Gasteiger partial charge on any atom is -0.481 e. The van der Waals surface area contributed by atoms with Crippen molar-refractivity contribution in [3.05, 3.63) is 0 Å². The Morgan fingerprint density at radius 2 is 1.33 bits per heavy atom. The minimum absolute atomic E-state index is 0.0104. The van der Waals surface area contributed by atoms with Crippen molar-refractivity contribution in [2.45, 2.75) is 122 Å². The molecule has 0 aromatic rings. The summed E-state index contributed by atoms with van der Waals surface area (Å²) >= 11 is 0. The number of carbonyl (C=O) groups is 5. The van der Waals surface area contributed by atoms with Crippen LogP contribution in [0.1, 0.15) is 122 Å². The first-order chi connectivity index (χ1) is 18.7. The predicted octanol–water partition coefficient (Wildman–Crippen LogP) is 5.60. The van der Waals surface area contributed by atoms with Crippen LogP contribution in [0.3, 0.4) is 0 Å². The molecule has 0 bridgehead atoms. The second kappa shape index (κ2) is 18.3. The Bertz CT molecular complexity index is 797. The molecule has 1 aliphatic heterocycles. The van der Waals surface area contributed by atoms with Crippen molar-refractivity contribution in [3.8, 4) is 0 Å². The van der Waals surface area contributed by atoms with E-state index in [1.165, 1.54) is 6.42 Å². The molecule has 0 aromatic carbocycles. The Morgan fingerprint density at radius 1 is 0.718 bits per heavy atom. The lowest BCUT2D eigenvalue weighted by molar-refractivity contribution is -0.146. The van der Waals surface area contributed by atoms with Gasteiger partial charge in [-0.2, -0.15) is 0 Å². The molecule has 1 saturated heterocycles. The summed E-state index contributed by atoms with van der Waals surface area (Å²) < 4.78 is 0. The Morgan fingerprint density at radius 3 is 1.92 bits per heavy atom. The Hall–Kier alpha value is -2.09. The number of Topliss-reactive ketones (excluding diaryl/α,β-unsaturated/α-hetero) is 3. The van der Waals surface area contributed by atoms with Crippen molar-refractivity contribution >= 4 is 29.3 Å². The first kappa shape index (κ1) is 33.1. The first-order valence-corrected chi connectivity index (χ1v) is 15.4. The maximum absolute atomic E-state index is 13.1. The van der Waals surface area contributed by atoms with E-state index >= 15 is 0 Å². The Labute approximate surface area is 234 Å². The van der Waals surface area contributed by atoms with Gasteiger partial charge in [-0.25, -0.2) is 0 Å². The number of piperidine rings is 1. The van der Waals surface area contributed by atoms with Gasteiger partial charge in [-0.1, -0.05) is 51.9 Å². The van der Waals surface area contributed by atoms with Crippen molar-refractivity contribution in [1.82, 2.24) is 5.32 Å². The molecule has 1 aliphatic carbocycles. The van der Waals surface area contributed by atoms with Crippen LogP contribution < -0.4 is 5.32 Å². The Balaban J connectivity index is 1.90. The molecular weight excluding hydrogens is 498 g/mol. The van der Waals surface area contributed by atoms with Crippen LogP contribution in [0.4, 0.5) is 0 Å². The van der Waals surface area contributed by atoms with E-state index in [2.05, 4.69) is 5.32 Å². The predicted molar refractivity (Wildman–Crippen MR) is 149 cm³/mol. The lowest BCUT2D eigenvalue weighted by Gasteiger charge is -2.24. The molecule has 8 heteroatoms. The highest BCUT2D eigenvalue weighted by molar-refractivity contribution is 5.93. The number of hydrogen-bond donors (Lipinski definition) is 3. The summed E-state index contributed by atoms with van der Waals surface area (Å²) in [5.41, 5.74) is 0. The fourth-order valence-corrected chi connectivity index (χ4v) is 6.43. The van der Waals surface area contributed by atoms with Crippen molar-refractivity contribution in [3.63, 3.8) is 0 Å². The highest BCUT2D eigenvalue weighted by Gasteiger charge is 2.32. The van der Waals surface area contributed by atoms with Crippen LogP contribution in [-0.2, 0) is 24.0 Å². The normalized spacial score (nSPS) is 19.8. The SMILES string of the molecule is CCC(CC(=O)CC(CC(=O)O)C(=O)CC(CC1CCCCCCC1)C(=O)O)C(=O)CCCC1CCNCC1. The van der Waals surface area contributed by atoms with E-state index in [1.54, 1.807) is 0 Å². The van der Waals surface area contributed by atoms with Crippen molar-refractivity contribution in [2.75, 3.05) is 13.1 Å². The van der Waals surface area contributed by atoms with E-state index in [9.17, 15) is 34.2 Å². The number of carboxylic acid groups (broad SMARTS) is 2. The van der Waals surface area contributed by atoms with Gasteiger partial charge in [-0.15, -0.1) is 0 Å². The quantitative estimate of drug-likeness (QED) is 0.201. The maximum atomic E-state index is 13.1. The lowest BCUT2D eigenvalue weighted by Crippen LogP contribution is -2.29. The molecule has 2 aliphatic rings. The third kappa shape index (κ3) is 13.2. The van der Waals surface area contributed by atoms with E-state index in [-0.39, 0.29) is 36.7 Å². The summed E-state index contributed by atoms with van der Waals surface area (Å²) in [5.74, 6) is -4.36. The smallest absolute Gasteiger partial charge is 0.306 e. The van der Waals surface area contributed by atoms with Gasteiger partial charge in [0, 0.05) is 37.5 Å². The average molecular weight is 550 g/mol. The number of ketones is 3. The molecule has 2 fully saturated rings. The molecule has 8 nitrogen and oxygen atoms in total. The average Bonchev–Trinajstić information content (AvgIpc) is 2.87. The van der Waals surface area contributed by atoms with Gasteiger partial charge in [0.15, 0.2) is 0 Å². The van der Waals surface area contributed by atoms with Crippen LogP contribution in [0.5, 0.6) is 0 Å². The molecule has 222 valence electrons. The van der Waals surface area contributed by atoms with Gasteiger partial charge in [-0.05, 0) is 63.5 Å². The standard InChI is InChI=1S/C31H51NO7/c1-2-24(28(34)12-8-11-22-13-15-32-16-14-22)18-27(33)19-25(21-30(36)37)29(35)20-26(31(38)39)17-23-9-6-4-3-5-7-10-23/h22-26,32H,2-21H2,1H3,(H,36,37)(H,38,39). The Kier molecular flexibility index (Phi) is 15.5. The molecule has 0 radical (unpaired) electrons. The topological polar surface area (TPSA) is 138 Å². The molecule has 0 aromatic heterocycles. The molecule has 0 spiro atoms. The van der Waals surface area contributed by atoms with Gasteiger partial charge in [-0.3, -0.25) is 24.0 Å². The zero-order valence-electron chi connectivity index (χ0n) is 24.0. The molecule has 1 saturated carbocycles. The third-order valence-corrected chi connectivity index (χ3v) is 8.91. The molecule has 1 heterocycles. The lowest BCUT2D eigenvalue weighted by atomic mass is 9.80. The molecular formula is C31H51NO7. The molecule has 0 amide bonds. The summed E-state index contributed by atoms with van der Waals surface area (Å²) in [6.07, 6.45) is 12.0. The third-order valence-electron chi connectivity index (χ3n) is 8.91. The number of hydrogen-bond acceptors (Lipinski definition) is 6. The van der Waals surface area contributed by atoms with Gasteiger partial charge < -0.3 is 15.5 Å². The first-order valence-electron chi connectivity index (χ1n) is 15.4. The highest BCUT2D eigenvalue weighted by atomic mass is 16.4. The molecule has 3 N–H and O–H groups in total. The molecule has 39 heavy (non-hydrogen) atoms. The van der Waals surface area contributed by atoms with Crippen LogP contribution in [0.25, 0.3) is 0 Å². The fraction of sp³-hybridized carbons (Fsp3) is 0.839. The van der Waals surface area contributed by atoms with E-state index in [0.717, 1.165) is 77.3 Å². The summed E-state index contributed by atoms with van der Waals surface area (Å²) in [4.78, 5) is 62.4. The van der Waals surface area contributed by atoms with Crippen molar-refractivity contribution < 1.29 is 34.2 Å². The van der Waals surface area contributed by atoms with Crippen molar-refractivity contribution in [2.24, 2.45) is 29.6 Å². The van der Waals surface area contributed by atoms with Crippen LogP contribution in [0.2, 0.25) is 0 Å². The van der Waals surface area contributed by atoms with E-state index in [0.29, 0.717) is 25.2 Å². The van der Waals surface area contributed by atoms with Crippen LogP contribution in [0, 0.1) is 29.6 Å². The van der Waals surface area contributed by atoms with Gasteiger partial charge >= 0.3 is 11.9 Å². The van der Waals surface area contributed by atoms with Crippen molar-refractivity contribution in [1.29, 1.82) is 0 Å². The van der Waals surface area contributed by atoms with Crippen LogP contribution in [0.15, 0.2) is 0 Å². The van der Waals surface area contributed by atoms with E-state index < -0.39 is 41.9 Å². The van der Waals surface area contributed by atoms with E-state index in [4.69, 9.17) is 0 Å². The van der Waals surface area contributed by atoms with Crippen LogP contribution in [-0.4, -0.2) is 52.6 Å². The summed E-state index contributed by atoms with van der Waals surface area (Å²) in [6.45, 7) is 3.92. The van der Waals surface area contributed by atoms with E-state index in [1.807, 2.05) is 6.92 Å². The number of aliphatic carboxylic acids is 2. The molecule has 3 unspecified atom stereocenters. The van der Waals surface area contributed by atoms with Gasteiger partial charge in [0.1, 0.15) is 17.3 Å². The maximum Gasteiger partial charge on any atom is 0.306 e. The summed E-state index contributed by atoms with van der Waals surface area (Å²) in [6, 6.07) is 0. The van der Waals surface area contributed by atoms with Gasteiger partial charge in [0.05, 0.1) is 12.3 Å². The minimum atomic E-state index is -1.19. The van der Waals surface area contributed by atoms with Gasteiger partial charge in [0.25, 0.3) is 0 Å². The van der Waals surface area contributed by atoms with Gasteiger partial charge in [0.2, 0.25) is 0 Å². The fourth-order valence-electron chi connectivity index (χ4n) is 6.43. The zero-order chi connectivity index (χ0) is 28.6. The molecule has 2 rings (SSSR count). The number of nitrogens with one attached hydrogen (secondary N) is 1. The second-order valence-electron chi connectivity index (χ2n) is 12.1. The second-order valence-corrected chi connectivity index (χ2v) is 12.1. The highest BCUT2D eigenvalue weighted by Crippen LogP contribution is 2.30. The zero-order valence-corrected chi connectivity index (χ0v) is 24.0. The largest absolute Gasteiger partial charge is 0.481 e. The number of rotatable bonds is 18. The number of carboxylic acids is 2. The van der Waals surface area contributed by atoms with Crippen LogP contribution >= 0.6 is 0 Å². The summed E-state index contributed by atoms with van der Waals surface area (Å²) in [5, 5.41) is 22.5. The molecule has 3 atom stereocenters. The summed E-state index contributed by atoms with van der Waals surface area (Å²) in [7, 11) is 0. The number of carbonyl (C=O) groups excluding carboxylic acids is 3.